The lowest BCUT2D eigenvalue weighted by Crippen LogP contribution is -2.42. The zero-order valence-corrected chi connectivity index (χ0v) is 14.2. The summed E-state index contributed by atoms with van der Waals surface area (Å²) in [7, 11) is 0. The molecule has 0 atom stereocenters. The standard InChI is InChI=1S/C15H19BrN2O2S/c16-13-4-2-1-3-12(13)9-21-10-14(19)18-7-5-11(6-8-18)15(17)20/h1-4,11H,5-10H2,(H2,17,20). The monoisotopic (exact) mass is 370 g/mol. The van der Waals surface area contributed by atoms with E-state index in [4.69, 9.17) is 5.73 Å². The maximum atomic E-state index is 12.1. The highest BCUT2D eigenvalue weighted by Gasteiger charge is 2.25. The van der Waals surface area contributed by atoms with Crippen molar-refractivity contribution in [2.45, 2.75) is 18.6 Å². The minimum Gasteiger partial charge on any atom is -0.369 e. The van der Waals surface area contributed by atoms with Crippen LogP contribution in [0, 0.1) is 5.92 Å². The lowest BCUT2D eigenvalue weighted by atomic mass is 9.96. The molecule has 1 fully saturated rings. The maximum absolute atomic E-state index is 12.1. The van der Waals surface area contributed by atoms with Gasteiger partial charge >= 0.3 is 0 Å². The summed E-state index contributed by atoms with van der Waals surface area (Å²) in [5.74, 6) is 1.12. The van der Waals surface area contributed by atoms with Gasteiger partial charge in [0.2, 0.25) is 11.8 Å². The Bertz CT molecular complexity index is 516. The highest BCUT2D eigenvalue weighted by molar-refractivity contribution is 9.10. The van der Waals surface area contributed by atoms with E-state index in [-0.39, 0.29) is 17.7 Å². The summed E-state index contributed by atoms with van der Waals surface area (Å²) in [6, 6.07) is 8.04. The fourth-order valence-corrected chi connectivity index (χ4v) is 3.91. The Hall–Kier alpha value is -1.01. The molecule has 2 amide bonds. The van der Waals surface area contributed by atoms with Gasteiger partial charge in [0.05, 0.1) is 5.75 Å². The predicted molar refractivity (Wildman–Crippen MR) is 88.8 cm³/mol. The Balaban J connectivity index is 1.73. The van der Waals surface area contributed by atoms with Gasteiger partial charge < -0.3 is 10.6 Å². The number of nitrogens with two attached hydrogens (primary N) is 1. The van der Waals surface area contributed by atoms with E-state index in [1.165, 1.54) is 5.56 Å². The number of halogens is 1. The number of hydrogen-bond acceptors (Lipinski definition) is 3. The van der Waals surface area contributed by atoms with Gasteiger partial charge in [0.25, 0.3) is 0 Å². The van der Waals surface area contributed by atoms with Crippen LogP contribution in [-0.2, 0) is 15.3 Å². The molecule has 1 aromatic carbocycles. The first kappa shape index (κ1) is 16.4. The zero-order chi connectivity index (χ0) is 15.2. The van der Waals surface area contributed by atoms with Crippen LogP contribution in [-0.4, -0.2) is 35.6 Å². The number of piperidine rings is 1. The van der Waals surface area contributed by atoms with Crippen molar-refractivity contribution in [2.75, 3.05) is 18.8 Å². The molecule has 2 rings (SSSR count). The van der Waals surface area contributed by atoms with Crippen LogP contribution in [0.25, 0.3) is 0 Å². The molecule has 0 radical (unpaired) electrons. The Labute approximate surface area is 137 Å². The molecule has 21 heavy (non-hydrogen) atoms. The van der Waals surface area contributed by atoms with Crippen molar-refractivity contribution < 1.29 is 9.59 Å². The van der Waals surface area contributed by atoms with Crippen LogP contribution in [0.15, 0.2) is 28.7 Å². The van der Waals surface area contributed by atoms with Gasteiger partial charge in [0.1, 0.15) is 0 Å². The van der Waals surface area contributed by atoms with Crippen molar-refractivity contribution >= 4 is 39.5 Å². The van der Waals surface area contributed by atoms with Gasteiger partial charge in [-0.15, -0.1) is 11.8 Å². The molecule has 4 nitrogen and oxygen atoms in total. The van der Waals surface area contributed by atoms with Crippen molar-refractivity contribution in [1.82, 2.24) is 4.90 Å². The molecule has 1 aliphatic heterocycles. The summed E-state index contributed by atoms with van der Waals surface area (Å²) in [5, 5.41) is 0. The molecule has 0 aromatic heterocycles. The second-order valence-corrected chi connectivity index (χ2v) is 6.98. The second kappa shape index (κ2) is 7.84. The van der Waals surface area contributed by atoms with Crippen LogP contribution in [0.3, 0.4) is 0 Å². The van der Waals surface area contributed by atoms with Crippen LogP contribution in [0.2, 0.25) is 0 Å². The van der Waals surface area contributed by atoms with E-state index in [1.807, 2.05) is 23.1 Å². The van der Waals surface area contributed by atoms with Crippen molar-refractivity contribution in [1.29, 1.82) is 0 Å². The van der Waals surface area contributed by atoms with E-state index < -0.39 is 0 Å². The Morgan fingerprint density at radius 3 is 2.57 bits per heavy atom. The molecule has 0 bridgehead atoms. The average molecular weight is 371 g/mol. The number of thioether (sulfide) groups is 1. The third-order valence-electron chi connectivity index (χ3n) is 3.69. The van der Waals surface area contributed by atoms with E-state index in [0.29, 0.717) is 31.7 Å². The first-order valence-electron chi connectivity index (χ1n) is 6.96. The number of carbonyl (C=O) groups is 2. The van der Waals surface area contributed by atoms with Crippen LogP contribution in [0.4, 0.5) is 0 Å². The summed E-state index contributed by atoms with van der Waals surface area (Å²) in [6.45, 7) is 1.28. The highest BCUT2D eigenvalue weighted by atomic mass is 79.9. The van der Waals surface area contributed by atoms with Crippen LogP contribution < -0.4 is 5.73 Å². The molecule has 0 unspecified atom stereocenters. The average Bonchev–Trinajstić information content (AvgIpc) is 2.49. The van der Waals surface area contributed by atoms with Gasteiger partial charge in [0.15, 0.2) is 0 Å². The molecule has 2 N–H and O–H groups in total. The van der Waals surface area contributed by atoms with E-state index in [0.717, 1.165) is 10.2 Å². The number of amides is 2. The van der Waals surface area contributed by atoms with Gasteiger partial charge in [-0.1, -0.05) is 34.1 Å². The summed E-state index contributed by atoms with van der Waals surface area (Å²) in [6.07, 6.45) is 1.38. The molecule has 1 aromatic rings. The molecule has 0 aliphatic carbocycles. The number of hydrogen-bond donors (Lipinski definition) is 1. The Kier molecular flexibility index (Phi) is 6.11. The SMILES string of the molecule is NC(=O)C1CCN(C(=O)CSCc2ccccc2Br)CC1. The molecule has 1 heterocycles. The third kappa shape index (κ3) is 4.74. The van der Waals surface area contributed by atoms with Crippen LogP contribution >= 0.6 is 27.7 Å². The van der Waals surface area contributed by atoms with Gasteiger partial charge in [-0.3, -0.25) is 9.59 Å². The normalized spacial score (nSPS) is 16.0. The molecular formula is C15H19BrN2O2S. The fraction of sp³-hybridized carbons (Fsp3) is 0.467. The Morgan fingerprint density at radius 1 is 1.29 bits per heavy atom. The van der Waals surface area contributed by atoms with Crippen molar-refractivity contribution in [3.8, 4) is 0 Å². The molecule has 1 aliphatic rings. The van der Waals surface area contributed by atoms with Crippen LogP contribution in [0.1, 0.15) is 18.4 Å². The molecule has 0 spiro atoms. The van der Waals surface area contributed by atoms with Gasteiger partial charge in [0, 0.05) is 29.2 Å². The number of nitrogens with zero attached hydrogens (tertiary/aromatic N) is 1. The van der Waals surface area contributed by atoms with Crippen molar-refractivity contribution in [3.63, 3.8) is 0 Å². The number of carbonyl (C=O) groups excluding carboxylic acids is 2. The van der Waals surface area contributed by atoms with E-state index in [9.17, 15) is 9.59 Å². The molecule has 114 valence electrons. The topological polar surface area (TPSA) is 63.4 Å². The summed E-state index contributed by atoms with van der Waals surface area (Å²) in [5.41, 5.74) is 6.49. The first-order valence-corrected chi connectivity index (χ1v) is 8.91. The van der Waals surface area contributed by atoms with E-state index in [1.54, 1.807) is 11.8 Å². The molecule has 0 saturated carbocycles. The third-order valence-corrected chi connectivity index (χ3v) is 5.43. The minimum absolute atomic E-state index is 0.0676. The quantitative estimate of drug-likeness (QED) is 0.865. The lowest BCUT2D eigenvalue weighted by Gasteiger charge is -2.30. The van der Waals surface area contributed by atoms with Crippen molar-refractivity contribution in [3.05, 3.63) is 34.3 Å². The van der Waals surface area contributed by atoms with Gasteiger partial charge in [-0.05, 0) is 24.5 Å². The first-order chi connectivity index (χ1) is 10.1. The fourth-order valence-electron chi connectivity index (χ4n) is 2.37. The molecular weight excluding hydrogens is 352 g/mol. The number of benzene rings is 1. The largest absolute Gasteiger partial charge is 0.369 e. The second-order valence-electron chi connectivity index (χ2n) is 5.14. The van der Waals surface area contributed by atoms with Gasteiger partial charge in [-0.2, -0.15) is 0 Å². The molecule has 1 saturated heterocycles. The Morgan fingerprint density at radius 2 is 1.95 bits per heavy atom. The zero-order valence-electron chi connectivity index (χ0n) is 11.8. The number of primary amides is 1. The minimum atomic E-state index is -0.245. The summed E-state index contributed by atoms with van der Waals surface area (Å²) in [4.78, 5) is 25.1. The van der Waals surface area contributed by atoms with E-state index >= 15 is 0 Å². The highest BCUT2D eigenvalue weighted by Crippen LogP contribution is 2.22. The molecule has 6 heteroatoms. The number of likely N-dealkylation sites (tertiary alicyclic amines) is 1. The predicted octanol–water partition coefficient (Wildman–Crippen LogP) is 2.41. The lowest BCUT2D eigenvalue weighted by molar-refractivity contribution is -0.132. The van der Waals surface area contributed by atoms with E-state index in [2.05, 4.69) is 22.0 Å². The summed E-state index contributed by atoms with van der Waals surface area (Å²) >= 11 is 5.12. The van der Waals surface area contributed by atoms with Crippen molar-refractivity contribution in [2.24, 2.45) is 11.7 Å². The summed E-state index contributed by atoms with van der Waals surface area (Å²) < 4.78 is 1.08. The van der Waals surface area contributed by atoms with Crippen LogP contribution in [0.5, 0.6) is 0 Å². The smallest absolute Gasteiger partial charge is 0.232 e. The maximum Gasteiger partial charge on any atom is 0.232 e. The van der Waals surface area contributed by atoms with Gasteiger partial charge in [-0.25, -0.2) is 0 Å². The number of rotatable bonds is 5.